The molecule has 0 fully saturated rings. The van der Waals surface area contributed by atoms with Gasteiger partial charge in [0.1, 0.15) is 0 Å². The van der Waals surface area contributed by atoms with Crippen LogP contribution in [0.2, 0.25) is 0 Å². The molecular formula is C9H6F5NO3. The number of hydrogen-bond acceptors (Lipinski definition) is 3. The lowest BCUT2D eigenvalue weighted by molar-refractivity contribution is -0.385. The van der Waals surface area contributed by atoms with Gasteiger partial charge in [0, 0.05) is 17.7 Å². The molecule has 0 spiro atoms. The third-order valence-electron chi connectivity index (χ3n) is 2.09. The summed E-state index contributed by atoms with van der Waals surface area (Å²) in [4.78, 5) is 9.28. The maximum Gasteiger partial charge on any atom is 0.458 e. The maximum absolute atomic E-state index is 13.0. The van der Waals surface area contributed by atoms with Crippen LogP contribution < -0.4 is 0 Å². The Labute approximate surface area is 96.8 Å². The van der Waals surface area contributed by atoms with E-state index in [1.54, 1.807) is 0 Å². The minimum absolute atomic E-state index is 0.132. The Morgan fingerprint density at radius 2 is 1.72 bits per heavy atom. The van der Waals surface area contributed by atoms with Gasteiger partial charge in [-0.25, -0.2) is 0 Å². The first-order chi connectivity index (χ1) is 8.09. The van der Waals surface area contributed by atoms with Crippen molar-refractivity contribution in [2.75, 3.05) is 0 Å². The number of alkyl halides is 5. The van der Waals surface area contributed by atoms with Gasteiger partial charge in [0.05, 0.1) is 11.5 Å². The highest BCUT2D eigenvalue weighted by atomic mass is 19.4. The van der Waals surface area contributed by atoms with E-state index in [-0.39, 0.29) is 6.07 Å². The third kappa shape index (κ3) is 2.55. The van der Waals surface area contributed by atoms with E-state index in [9.17, 15) is 32.1 Å². The van der Waals surface area contributed by atoms with Gasteiger partial charge in [0.2, 0.25) is 0 Å². The third-order valence-corrected chi connectivity index (χ3v) is 2.09. The molecule has 1 aromatic rings. The molecule has 0 radical (unpaired) electrons. The van der Waals surface area contributed by atoms with E-state index in [0.29, 0.717) is 6.07 Å². The lowest BCUT2D eigenvalue weighted by Crippen LogP contribution is -2.33. The molecule has 0 unspecified atom stereocenters. The molecule has 0 saturated heterocycles. The standard InChI is InChI=1S/C9H6F5NO3/c10-8(11,9(12,13)14)6-1-5(4-16)2-7(3-6)15(17)18/h1-3,16H,4H2. The molecule has 1 N–H and O–H groups in total. The highest BCUT2D eigenvalue weighted by Crippen LogP contribution is 2.44. The van der Waals surface area contributed by atoms with Gasteiger partial charge in [-0.3, -0.25) is 10.1 Å². The van der Waals surface area contributed by atoms with Crippen LogP contribution in [0.4, 0.5) is 27.6 Å². The zero-order valence-corrected chi connectivity index (χ0v) is 8.54. The molecule has 18 heavy (non-hydrogen) atoms. The summed E-state index contributed by atoms with van der Waals surface area (Å²) < 4.78 is 62.3. The van der Waals surface area contributed by atoms with E-state index < -0.39 is 40.4 Å². The largest absolute Gasteiger partial charge is 0.458 e. The number of aliphatic hydroxyl groups is 1. The fourth-order valence-corrected chi connectivity index (χ4v) is 1.22. The summed E-state index contributed by atoms with van der Waals surface area (Å²) in [6.45, 7) is -0.886. The van der Waals surface area contributed by atoms with Gasteiger partial charge in [-0.2, -0.15) is 22.0 Å². The molecule has 0 aliphatic carbocycles. The van der Waals surface area contributed by atoms with Crippen LogP contribution in [0.15, 0.2) is 18.2 Å². The molecule has 0 heterocycles. The van der Waals surface area contributed by atoms with Crippen molar-refractivity contribution in [2.45, 2.75) is 18.7 Å². The quantitative estimate of drug-likeness (QED) is 0.522. The van der Waals surface area contributed by atoms with E-state index in [0.717, 1.165) is 6.07 Å². The molecule has 0 amide bonds. The number of nitro benzene ring substituents is 1. The highest BCUT2D eigenvalue weighted by Gasteiger charge is 2.59. The molecule has 0 aliphatic rings. The predicted molar refractivity (Wildman–Crippen MR) is 49.0 cm³/mol. The van der Waals surface area contributed by atoms with Gasteiger partial charge in [-0.1, -0.05) is 0 Å². The van der Waals surface area contributed by atoms with Crippen LogP contribution in [0.25, 0.3) is 0 Å². The SMILES string of the molecule is O=[N+]([O-])c1cc(CO)cc(C(F)(F)C(F)(F)F)c1. The van der Waals surface area contributed by atoms with Crippen LogP contribution in [-0.2, 0) is 12.5 Å². The number of nitrogens with zero attached hydrogens (tertiary/aromatic N) is 1. The van der Waals surface area contributed by atoms with Gasteiger partial charge in [0.15, 0.2) is 0 Å². The van der Waals surface area contributed by atoms with Crippen LogP contribution >= 0.6 is 0 Å². The topological polar surface area (TPSA) is 63.4 Å². The van der Waals surface area contributed by atoms with Crippen LogP contribution in [0, 0.1) is 10.1 Å². The summed E-state index contributed by atoms with van der Waals surface area (Å²) in [5.41, 5.74) is -2.92. The first kappa shape index (κ1) is 14.3. The Balaban J connectivity index is 3.41. The Morgan fingerprint density at radius 1 is 1.17 bits per heavy atom. The van der Waals surface area contributed by atoms with Gasteiger partial charge >= 0.3 is 12.1 Å². The van der Waals surface area contributed by atoms with Crippen LogP contribution in [0.5, 0.6) is 0 Å². The van der Waals surface area contributed by atoms with E-state index >= 15 is 0 Å². The first-order valence-corrected chi connectivity index (χ1v) is 4.44. The second kappa shape index (κ2) is 4.48. The summed E-state index contributed by atoms with van der Waals surface area (Å²) in [5.74, 6) is -5.22. The summed E-state index contributed by atoms with van der Waals surface area (Å²) in [6.07, 6.45) is -5.87. The van der Waals surface area contributed by atoms with Gasteiger partial charge in [-0.05, 0) is 11.6 Å². The Hall–Kier alpha value is -1.77. The molecule has 0 aromatic heterocycles. The molecule has 0 aliphatic heterocycles. The number of aliphatic hydroxyl groups excluding tert-OH is 1. The van der Waals surface area contributed by atoms with Gasteiger partial charge in [-0.15, -0.1) is 0 Å². The number of non-ortho nitro benzene ring substituents is 1. The molecular weight excluding hydrogens is 265 g/mol. The molecule has 1 rings (SSSR count). The molecule has 9 heteroatoms. The zero-order valence-electron chi connectivity index (χ0n) is 8.54. The number of benzene rings is 1. The summed E-state index contributed by atoms with van der Waals surface area (Å²) in [6, 6.07) is 1.23. The van der Waals surface area contributed by atoms with Crippen molar-refractivity contribution >= 4 is 5.69 Å². The first-order valence-electron chi connectivity index (χ1n) is 4.44. The van der Waals surface area contributed by atoms with Crippen LogP contribution in [-0.4, -0.2) is 16.2 Å². The normalized spacial score (nSPS) is 12.6. The molecule has 0 atom stereocenters. The van der Waals surface area contributed by atoms with Gasteiger partial charge < -0.3 is 5.11 Å². The smallest absolute Gasteiger partial charge is 0.392 e. The second-order valence-corrected chi connectivity index (χ2v) is 3.38. The fraction of sp³-hybridized carbons (Fsp3) is 0.333. The van der Waals surface area contributed by atoms with Crippen molar-refractivity contribution in [1.82, 2.24) is 0 Å². The number of nitro groups is 1. The van der Waals surface area contributed by atoms with Crippen molar-refractivity contribution < 1.29 is 32.0 Å². The molecule has 0 bridgehead atoms. The minimum atomic E-state index is -5.87. The number of halogens is 5. The van der Waals surface area contributed by atoms with E-state index in [4.69, 9.17) is 5.11 Å². The number of rotatable bonds is 3. The van der Waals surface area contributed by atoms with Gasteiger partial charge in [0.25, 0.3) is 5.69 Å². The maximum atomic E-state index is 13.0. The molecule has 0 saturated carbocycles. The molecule has 4 nitrogen and oxygen atoms in total. The van der Waals surface area contributed by atoms with Crippen molar-refractivity contribution in [3.8, 4) is 0 Å². The molecule has 100 valence electrons. The summed E-state index contributed by atoms with van der Waals surface area (Å²) >= 11 is 0. The van der Waals surface area contributed by atoms with E-state index in [2.05, 4.69) is 0 Å². The lowest BCUT2D eigenvalue weighted by atomic mass is 10.0. The summed E-state index contributed by atoms with van der Waals surface area (Å²) in [5, 5.41) is 19.1. The average Bonchev–Trinajstić information content (AvgIpc) is 2.26. The Bertz CT molecular complexity index is 472. The monoisotopic (exact) mass is 271 g/mol. The molecule has 1 aromatic carbocycles. The fourth-order valence-electron chi connectivity index (χ4n) is 1.22. The van der Waals surface area contributed by atoms with E-state index in [1.165, 1.54) is 0 Å². The second-order valence-electron chi connectivity index (χ2n) is 3.38. The van der Waals surface area contributed by atoms with Crippen molar-refractivity contribution in [3.05, 3.63) is 39.4 Å². The summed E-state index contributed by atoms with van der Waals surface area (Å²) in [7, 11) is 0. The number of hydrogen-bond donors (Lipinski definition) is 1. The Morgan fingerprint density at radius 3 is 2.11 bits per heavy atom. The van der Waals surface area contributed by atoms with Crippen molar-refractivity contribution in [2.24, 2.45) is 0 Å². The van der Waals surface area contributed by atoms with E-state index in [1.807, 2.05) is 0 Å². The Kier molecular flexibility index (Phi) is 3.56. The lowest BCUT2D eigenvalue weighted by Gasteiger charge is -2.20. The highest BCUT2D eigenvalue weighted by molar-refractivity contribution is 5.41. The predicted octanol–water partition coefficient (Wildman–Crippen LogP) is 2.74. The van der Waals surface area contributed by atoms with Crippen LogP contribution in [0.3, 0.4) is 0 Å². The minimum Gasteiger partial charge on any atom is -0.392 e. The average molecular weight is 271 g/mol. The van der Waals surface area contributed by atoms with Crippen LogP contribution in [0.1, 0.15) is 11.1 Å². The van der Waals surface area contributed by atoms with Crippen molar-refractivity contribution in [1.29, 1.82) is 0 Å². The zero-order chi connectivity index (χ0) is 14.1. The van der Waals surface area contributed by atoms with Crippen molar-refractivity contribution in [3.63, 3.8) is 0 Å².